The highest BCUT2D eigenvalue weighted by Gasteiger charge is 2.15. The molecule has 0 bridgehead atoms. The Hall–Kier alpha value is -3.34. The van der Waals surface area contributed by atoms with Crippen molar-refractivity contribution in [3.8, 4) is 11.5 Å². The number of benzene rings is 2. The summed E-state index contributed by atoms with van der Waals surface area (Å²) >= 11 is 0. The van der Waals surface area contributed by atoms with Gasteiger partial charge in [-0.15, -0.1) is 0 Å². The third kappa shape index (κ3) is 2.56. The zero-order chi connectivity index (χ0) is 16.4. The van der Waals surface area contributed by atoms with Crippen molar-refractivity contribution >= 4 is 17.1 Å². The molecule has 4 rings (SSSR count). The zero-order valence-electron chi connectivity index (χ0n) is 12.8. The molecule has 0 aliphatic heterocycles. The van der Waals surface area contributed by atoms with E-state index >= 15 is 0 Å². The first-order valence-corrected chi connectivity index (χ1v) is 7.62. The summed E-state index contributed by atoms with van der Waals surface area (Å²) in [5.41, 5.74) is 3.01. The van der Waals surface area contributed by atoms with Crippen LogP contribution in [0.4, 0.5) is 0 Å². The molecule has 0 radical (unpaired) electrons. The molecule has 0 fully saturated rings. The third-order valence-corrected chi connectivity index (χ3v) is 3.88. The zero-order valence-corrected chi connectivity index (χ0v) is 12.8. The van der Waals surface area contributed by atoms with E-state index in [1.54, 1.807) is 6.07 Å². The number of hydrogen-bond acceptors (Lipinski definition) is 4. The second-order valence-corrected chi connectivity index (χ2v) is 5.46. The monoisotopic (exact) mass is 317 g/mol. The Balaban J connectivity index is 1.81. The summed E-state index contributed by atoms with van der Waals surface area (Å²) in [5.74, 6) is 1.13. The normalized spacial score (nSPS) is 11.5. The van der Waals surface area contributed by atoms with Gasteiger partial charge in [0.1, 0.15) is 17.7 Å². The van der Waals surface area contributed by atoms with Crippen LogP contribution in [-0.2, 0) is 6.54 Å². The van der Waals surface area contributed by atoms with Gasteiger partial charge in [-0.3, -0.25) is 4.68 Å². The van der Waals surface area contributed by atoms with E-state index in [4.69, 9.17) is 14.7 Å². The topological polar surface area (TPSA) is 63.6 Å². The first-order chi connectivity index (χ1) is 11.8. The van der Waals surface area contributed by atoms with Gasteiger partial charge in [0.15, 0.2) is 5.76 Å². The predicted octanol–water partition coefficient (Wildman–Crippen LogP) is 4.15. The molecule has 0 saturated carbocycles. The van der Waals surface area contributed by atoms with Gasteiger partial charge in [-0.1, -0.05) is 53.7 Å². The highest BCUT2D eigenvalue weighted by molar-refractivity contribution is 5.92. The van der Waals surface area contributed by atoms with Crippen LogP contribution in [0.25, 0.3) is 22.4 Å². The van der Waals surface area contributed by atoms with Gasteiger partial charge < -0.3 is 9.62 Å². The van der Waals surface area contributed by atoms with Crippen LogP contribution in [0.15, 0.2) is 76.3 Å². The van der Waals surface area contributed by atoms with E-state index in [9.17, 15) is 0 Å². The molecule has 0 saturated heterocycles. The maximum absolute atomic E-state index is 8.63. The van der Waals surface area contributed by atoms with E-state index in [1.165, 1.54) is 11.8 Å². The Bertz CT molecular complexity index is 1000. The molecular formula is C19H15N3O2. The van der Waals surface area contributed by atoms with Crippen LogP contribution in [0, 0.1) is 0 Å². The molecule has 118 valence electrons. The van der Waals surface area contributed by atoms with Crippen molar-refractivity contribution in [3.63, 3.8) is 0 Å². The average Bonchev–Trinajstić information content (AvgIpc) is 3.22. The number of aromatic nitrogens is 2. The Morgan fingerprint density at radius 2 is 1.79 bits per heavy atom. The van der Waals surface area contributed by atoms with Crippen LogP contribution >= 0.6 is 0 Å². The molecule has 2 aromatic heterocycles. The fraction of sp³-hybridized carbons (Fsp3) is 0.0526. The van der Waals surface area contributed by atoms with Crippen LogP contribution < -0.4 is 0 Å². The van der Waals surface area contributed by atoms with Gasteiger partial charge in [-0.05, 0) is 23.8 Å². The van der Waals surface area contributed by atoms with Crippen LogP contribution in [0.5, 0.6) is 0 Å². The van der Waals surface area contributed by atoms with Gasteiger partial charge >= 0.3 is 0 Å². The van der Waals surface area contributed by atoms with Gasteiger partial charge in [-0.2, -0.15) is 5.10 Å². The standard InChI is InChI=1S/C19H15N3O2/c23-20-12-15-10-11-18(24-15)19-16-8-4-5-9-17(16)22(21-19)13-14-6-2-1-3-7-14/h1-12,23H,13H2. The van der Waals surface area contributed by atoms with Crippen molar-refractivity contribution in [1.82, 2.24) is 9.78 Å². The van der Waals surface area contributed by atoms with E-state index in [0.29, 0.717) is 18.1 Å². The minimum Gasteiger partial charge on any atom is -0.453 e. The van der Waals surface area contributed by atoms with Crippen LogP contribution in [0.1, 0.15) is 11.3 Å². The average molecular weight is 317 g/mol. The summed E-state index contributed by atoms with van der Waals surface area (Å²) in [7, 11) is 0. The first-order valence-electron chi connectivity index (χ1n) is 7.62. The fourth-order valence-electron chi connectivity index (χ4n) is 2.79. The minimum absolute atomic E-state index is 0.481. The summed E-state index contributed by atoms with van der Waals surface area (Å²) in [6.45, 7) is 0.688. The molecule has 0 unspecified atom stereocenters. The van der Waals surface area contributed by atoms with Gasteiger partial charge in [0.2, 0.25) is 0 Å². The quantitative estimate of drug-likeness (QED) is 0.349. The predicted molar refractivity (Wildman–Crippen MR) is 92.4 cm³/mol. The van der Waals surface area contributed by atoms with Crippen molar-refractivity contribution < 1.29 is 9.62 Å². The number of para-hydroxylation sites is 1. The van der Waals surface area contributed by atoms with E-state index in [0.717, 1.165) is 16.6 Å². The molecule has 5 nitrogen and oxygen atoms in total. The van der Waals surface area contributed by atoms with Gasteiger partial charge in [0.25, 0.3) is 0 Å². The maximum atomic E-state index is 8.63. The van der Waals surface area contributed by atoms with Gasteiger partial charge in [0.05, 0.1) is 12.1 Å². The Morgan fingerprint density at radius 3 is 2.62 bits per heavy atom. The summed E-state index contributed by atoms with van der Waals surface area (Å²) in [6.07, 6.45) is 1.26. The third-order valence-electron chi connectivity index (χ3n) is 3.88. The SMILES string of the molecule is ON=Cc1ccc(-c2nn(Cc3ccccc3)c3ccccc23)o1. The highest BCUT2D eigenvalue weighted by atomic mass is 16.4. The molecule has 0 aliphatic rings. The highest BCUT2D eigenvalue weighted by Crippen LogP contribution is 2.29. The largest absolute Gasteiger partial charge is 0.453 e. The van der Waals surface area contributed by atoms with Crippen molar-refractivity contribution in [2.75, 3.05) is 0 Å². The lowest BCUT2D eigenvalue weighted by molar-refractivity contribution is 0.321. The van der Waals surface area contributed by atoms with Crippen LogP contribution in [0.2, 0.25) is 0 Å². The van der Waals surface area contributed by atoms with E-state index in [-0.39, 0.29) is 0 Å². The van der Waals surface area contributed by atoms with Crippen molar-refractivity contribution in [2.24, 2.45) is 5.16 Å². The second-order valence-electron chi connectivity index (χ2n) is 5.46. The number of fused-ring (bicyclic) bond motifs is 1. The van der Waals surface area contributed by atoms with E-state index < -0.39 is 0 Å². The summed E-state index contributed by atoms with van der Waals surface area (Å²) < 4.78 is 7.67. The molecule has 1 N–H and O–H groups in total. The lowest BCUT2D eigenvalue weighted by Crippen LogP contribution is -2.01. The van der Waals surface area contributed by atoms with Crippen molar-refractivity contribution in [3.05, 3.63) is 78.1 Å². The lowest BCUT2D eigenvalue weighted by atomic mass is 10.2. The smallest absolute Gasteiger partial charge is 0.155 e. The molecule has 0 spiro atoms. The molecule has 0 aliphatic carbocycles. The molecule has 2 aromatic carbocycles. The van der Waals surface area contributed by atoms with Crippen LogP contribution in [0.3, 0.4) is 0 Å². The van der Waals surface area contributed by atoms with Crippen molar-refractivity contribution in [1.29, 1.82) is 0 Å². The molecule has 2 heterocycles. The first kappa shape index (κ1) is 14.3. The number of oxime groups is 1. The number of nitrogens with zero attached hydrogens (tertiary/aromatic N) is 3. The summed E-state index contributed by atoms with van der Waals surface area (Å²) in [4.78, 5) is 0. The fourth-order valence-corrected chi connectivity index (χ4v) is 2.79. The molecule has 0 amide bonds. The Labute approximate surface area is 138 Å². The summed E-state index contributed by atoms with van der Waals surface area (Å²) in [5, 5.41) is 17.4. The number of hydrogen-bond donors (Lipinski definition) is 1. The molecule has 4 aromatic rings. The molecular weight excluding hydrogens is 302 g/mol. The lowest BCUT2D eigenvalue weighted by Gasteiger charge is -2.03. The molecule has 5 heteroatoms. The second kappa shape index (κ2) is 6.04. The van der Waals surface area contributed by atoms with Crippen molar-refractivity contribution in [2.45, 2.75) is 6.54 Å². The van der Waals surface area contributed by atoms with Gasteiger partial charge in [0, 0.05) is 5.39 Å². The Kier molecular flexibility index (Phi) is 3.59. The van der Waals surface area contributed by atoms with E-state index in [1.807, 2.05) is 53.2 Å². The van der Waals surface area contributed by atoms with E-state index in [2.05, 4.69) is 17.3 Å². The summed E-state index contributed by atoms with van der Waals surface area (Å²) in [6, 6.07) is 21.9. The molecule has 0 atom stereocenters. The maximum Gasteiger partial charge on any atom is 0.155 e. The number of rotatable bonds is 4. The Morgan fingerprint density at radius 1 is 1.00 bits per heavy atom. The minimum atomic E-state index is 0.481. The van der Waals surface area contributed by atoms with Crippen LogP contribution in [-0.4, -0.2) is 21.2 Å². The molecule has 24 heavy (non-hydrogen) atoms. The van der Waals surface area contributed by atoms with Gasteiger partial charge in [-0.25, -0.2) is 0 Å². The number of furan rings is 1.